The van der Waals surface area contributed by atoms with Crippen LogP contribution in [-0.2, 0) is 0 Å². The quantitative estimate of drug-likeness (QED) is 0.860. The van der Waals surface area contributed by atoms with Crippen LogP contribution in [0.2, 0.25) is 0 Å². The lowest BCUT2D eigenvalue weighted by molar-refractivity contribution is 0.271. The minimum atomic E-state index is 0.981. The predicted molar refractivity (Wildman–Crippen MR) is 74.9 cm³/mol. The summed E-state index contributed by atoms with van der Waals surface area (Å²) in [5.41, 5.74) is 2.56. The first-order valence-electron chi connectivity index (χ1n) is 6.64. The number of piperazine rings is 1. The van der Waals surface area contributed by atoms with Crippen LogP contribution in [0.15, 0.2) is 24.3 Å². The summed E-state index contributed by atoms with van der Waals surface area (Å²) in [6, 6.07) is 8.79. The molecular formula is C14H23N3. The Morgan fingerprint density at radius 2 is 1.65 bits per heavy atom. The van der Waals surface area contributed by atoms with Gasteiger partial charge >= 0.3 is 0 Å². The SMILES string of the molecule is CCNc1ccc(N2CCN(CC)CC2)cc1. The molecule has 1 saturated heterocycles. The minimum absolute atomic E-state index is 0.981. The number of likely N-dealkylation sites (N-methyl/N-ethyl adjacent to an activating group) is 1. The summed E-state index contributed by atoms with van der Waals surface area (Å²) >= 11 is 0. The van der Waals surface area contributed by atoms with E-state index < -0.39 is 0 Å². The van der Waals surface area contributed by atoms with Gasteiger partial charge in [0, 0.05) is 44.1 Å². The van der Waals surface area contributed by atoms with E-state index in [4.69, 9.17) is 0 Å². The largest absolute Gasteiger partial charge is 0.385 e. The highest BCUT2D eigenvalue weighted by Gasteiger charge is 2.15. The van der Waals surface area contributed by atoms with E-state index in [0.717, 1.165) is 19.6 Å². The van der Waals surface area contributed by atoms with Gasteiger partial charge in [0.2, 0.25) is 0 Å². The van der Waals surface area contributed by atoms with Gasteiger partial charge in [0.05, 0.1) is 0 Å². The third-order valence-electron chi connectivity index (χ3n) is 3.43. The van der Waals surface area contributed by atoms with Crippen molar-refractivity contribution in [1.29, 1.82) is 0 Å². The average molecular weight is 233 g/mol. The Kier molecular flexibility index (Phi) is 4.26. The Morgan fingerprint density at radius 3 is 2.18 bits per heavy atom. The van der Waals surface area contributed by atoms with Gasteiger partial charge in [-0.1, -0.05) is 6.92 Å². The molecule has 1 aromatic rings. The lowest BCUT2D eigenvalue weighted by atomic mass is 10.2. The van der Waals surface area contributed by atoms with Crippen LogP contribution in [0.3, 0.4) is 0 Å². The number of hydrogen-bond donors (Lipinski definition) is 1. The van der Waals surface area contributed by atoms with Gasteiger partial charge in [-0.25, -0.2) is 0 Å². The van der Waals surface area contributed by atoms with Gasteiger partial charge in [-0.2, -0.15) is 0 Å². The Bertz CT molecular complexity index is 326. The molecule has 1 heterocycles. The molecule has 0 saturated carbocycles. The molecule has 0 bridgehead atoms. The first-order chi connectivity index (χ1) is 8.33. The van der Waals surface area contributed by atoms with E-state index in [-0.39, 0.29) is 0 Å². The van der Waals surface area contributed by atoms with Crippen LogP contribution in [0.5, 0.6) is 0 Å². The molecule has 3 heteroatoms. The van der Waals surface area contributed by atoms with E-state index in [0.29, 0.717) is 0 Å². The molecule has 1 aromatic carbocycles. The fourth-order valence-electron chi connectivity index (χ4n) is 2.32. The molecule has 1 N–H and O–H groups in total. The molecule has 0 amide bonds. The molecule has 2 rings (SSSR count). The van der Waals surface area contributed by atoms with Gasteiger partial charge in [0.25, 0.3) is 0 Å². The standard InChI is InChI=1S/C14H23N3/c1-3-15-13-5-7-14(8-6-13)17-11-9-16(4-2)10-12-17/h5-8,15H,3-4,9-12H2,1-2H3. The summed E-state index contributed by atoms with van der Waals surface area (Å²) in [6.45, 7) is 11.2. The molecule has 0 aliphatic carbocycles. The zero-order valence-corrected chi connectivity index (χ0v) is 10.9. The van der Waals surface area contributed by atoms with E-state index in [2.05, 4.69) is 53.2 Å². The third-order valence-corrected chi connectivity index (χ3v) is 3.43. The monoisotopic (exact) mass is 233 g/mol. The van der Waals surface area contributed by atoms with Crippen molar-refractivity contribution in [3.8, 4) is 0 Å². The second-order valence-corrected chi connectivity index (χ2v) is 4.50. The van der Waals surface area contributed by atoms with Gasteiger partial charge in [-0.15, -0.1) is 0 Å². The molecule has 0 radical (unpaired) electrons. The third kappa shape index (κ3) is 3.13. The Morgan fingerprint density at radius 1 is 1.00 bits per heavy atom. The number of rotatable bonds is 4. The van der Waals surface area contributed by atoms with Crippen LogP contribution < -0.4 is 10.2 Å². The highest BCUT2D eigenvalue weighted by molar-refractivity contribution is 5.55. The van der Waals surface area contributed by atoms with Crippen molar-refractivity contribution in [1.82, 2.24) is 4.90 Å². The summed E-state index contributed by atoms with van der Waals surface area (Å²) in [4.78, 5) is 4.98. The number of nitrogens with zero attached hydrogens (tertiary/aromatic N) is 2. The molecule has 17 heavy (non-hydrogen) atoms. The first-order valence-corrected chi connectivity index (χ1v) is 6.64. The summed E-state index contributed by atoms with van der Waals surface area (Å²) in [7, 11) is 0. The van der Waals surface area contributed by atoms with Crippen LogP contribution in [0.4, 0.5) is 11.4 Å². The maximum absolute atomic E-state index is 3.33. The maximum atomic E-state index is 3.33. The lowest BCUT2D eigenvalue weighted by Gasteiger charge is -2.35. The molecule has 94 valence electrons. The summed E-state index contributed by atoms with van der Waals surface area (Å²) < 4.78 is 0. The average Bonchev–Trinajstić information content (AvgIpc) is 2.40. The van der Waals surface area contributed by atoms with Gasteiger partial charge < -0.3 is 15.1 Å². The van der Waals surface area contributed by atoms with Gasteiger partial charge in [0.15, 0.2) is 0 Å². The molecular weight excluding hydrogens is 210 g/mol. The zero-order valence-electron chi connectivity index (χ0n) is 10.9. The van der Waals surface area contributed by atoms with Crippen molar-refractivity contribution >= 4 is 11.4 Å². The Balaban J connectivity index is 1.94. The number of anilines is 2. The zero-order chi connectivity index (χ0) is 12.1. The number of nitrogens with one attached hydrogen (secondary N) is 1. The molecule has 1 aliphatic heterocycles. The second-order valence-electron chi connectivity index (χ2n) is 4.50. The van der Waals surface area contributed by atoms with Crippen LogP contribution in [0.1, 0.15) is 13.8 Å². The summed E-state index contributed by atoms with van der Waals surface area (Å²) in [5.74, 6) is 0. The van der Waals surface area contributed by atoms with Crippen LogP contribution in [0.25, 0.3) is 0 Å². The predicted octanol–water partition coefficient (Wildman–Crippen LogP) is 2.26. The van der Waals surface area contributed by atoms with Crippen molar-refractivity contribution in [2.45, 2.75) is 13.8 Å². The summed E-state index contributed by atoms with van der Waals surface area (Å²) in [6.07, 6.45) is 0. The van der Waals surface area contributed by atoms with E-state index in [1.54, 1.807) is 0 Å². The van der Waals surface area contributed by atoms with E-state index in [9.17, 15) is 0 Å². The Labute approximate surface area is 104 Å². The maximum Gasteiger partial charge on any atom is 0.0368 e. The van der Waals surface area contributed by atoms with Gasteiger partial charge in [-0.05, 0) is 37.7 Å². The van der Waals surface area contributed by atoms with Gasteiger partial charge in [0.1, 0.15) is 0 Å². The van der Waals surface area contributed by atoms with E-state index in [1.807, 2.05) is 0 Å². The fourth-order valence-corrected chi connectivity index (χ4v) is 2.32. The lowest BCUT2D eigenvalue weighted by Crippen LogP contribution is -2.46. The van der Waals surface area contributed by atoms with Gasteiger partial charge in [-0.3, -0.25) is 0 Å². The molecule has 3 nitrogen and oxygen atoms in total. The minimum Gasteiger partial charge on any atom is -0.385 e. The second kappa shape index (κ2) is 5.92. The molecule has 1 fully saturated rings. The molecule has 0 aromatic heterocycles. The smallest absolute Gasteiger partial charge is 0.0368 e. The number of benzene rings is 1. The normalized spacial score (nSPS) is 17.2. The van der Waals surface area contributed by atoms with E-state index in [1.165, 1.54) is 31.0 Å². The van der Waals surface area contributed by atoms with Crippen LogP contribution in [-0.4, -0.2) is 44.2 Å². The van der Waals surface area contributed by atoms with Crippen molar-refractivity contribution in [3.05, 3.63) is 24.3 Å². The molecule has 1 aliphatic rings. The molecule has 0 unspecified atom stereocenters. The van der Waals surface area contributed by atoms with E-state index >= 15 is 0 Å². The van der Waals surface area contributed by atoms with Crippen LogP contribution in [0, 0.1) is 0 Å². The molecule has 0 atom stereocenters. The highest BCUT2D eigenvalue weighted by atomic mass is 15.3. The first kappa shape index (κ1) is 12.2. The summed E-state index contributed by atoms with van der Waals surface area (Å²) in [5, 5.41) is 3.33. The van der Waals surface area contributed by atoms with Crippen molar-refractivity contribution in [2.75, 3.05) is 49.5 Å². The Hall–Kier alpha value is -1.22. The topological polar surface area (TPSA) is 18.5 Å². The van der Waals surface area contributed by atoms with Crippen molar-refractivity contribution in [3.63, 3.8) is 0 Å². The van der Waals surface area contributed by atoms with Crippen LogP contribution >= 0.6 is 0 Å². The van der Waals surface area contributed by atoms with Crippen molar-refractivity contribution in [2.24, 2.45) is 0 Å². The molecule has 0 spiro atoms. The highest BCUT2D eigenvalue weighted by Crippen LogP contribution is 2.19. The number of hydrogen-bond acceptors (Lipinski definition) is 3. The fraction of sp³-hybridized carbons (Fsp3) is 0.571. The van der Waals surface area contributed by atoms with Crippen molar-refractivity contribution < 1.29 is 0 Å².